The number of unbranched alkanes of at least 4 members (excludes halogenated alkanes) is 4. The van der Waals surface area contributed by atoms with Gasteiger partial charge in [-0.1, -0.05) is 26.2 Å². The fourth-order valence-corrected chi connectivity index (χ4v) is 2.17. The summed E-state index contributed by atoms with van der Waals surface area (Å²) in [6, 6.07) is 0. The first kappa shape index (κ1) is 13.7. The fourth-order valence-electron chi connectivity index (χ4n) is 1.53. The number of aromatic nitrogens is 1. The van der Waals surface area contributed by atoms with E-state index in [0.717, 1.165) is 32.5 Å². The fraction of sp³-hybridized carbons (Fsp3) is 0.692. The van der Waals surface area contributed by atoms with E-state index in [0.29, 0.717) is 0 Å². The zero-order valence-electron chi connectivity index (χ0n) is 9.99. The second-order valence-electron chi connectivity index (χ2n) is 3.95. The second-order valence-corrected chi connectivity index (χ2v) is 4.92. The molecule has 1 rings (SSSR count). The van der Waals surface area contributed by atoms with Gasteiger partial charge in [0.05, 0.1) is 5.51 Å². The van der Waals surface area contributed by atoms with Gasteiger partial charge in [0.25, 0.3) is 0 Å². The molecule has 91 valence electrons. The van der Waals surface area contributed by atoms with Crippen molar-refractivity contribution in [1.29, 1.82) is 0 Å². The number of rotatable bonds is 10. The number of nitrogens with zero attached hydrogens (tertiary/aromatic N) is 1. The maximum Gasteiger partial charge on any atom is 0.0794 e. The molecule has 1 aromatic heterocycles. The van der Waals surface area contributed by atoms with Gasteiger partial charge in [0.15, 0.2) is 0 Å². The first-order valence-corrected chi connectivity index (χ1v) is 7.06. The predicted molar refractivity (Wildman–Crippen MR) is 69.7 cm³/mol. The van der Waals surface area contributed by atoms with Crippen molar-refractivity contribution in [2.24, 2.45) is 0 Å². The minimum Gasteiger partial charge on any atom is -0.381 e. The molecule has 3 heteroatoms. The van der Waals surface area contributed by atoms with Gasteiger partial charge >= 0.3 is 0 Å². The Labute approximate surface area is 103 Å². The maximum atomic E-state index is 5.57. The van der Waals surface area contributed by atoms with Gasteiger partial charge in [0, 0.05) is 24.3 Å². The van der Waals surface area contributed by atoms with Crippen molar-refractivity contribution >= 4 is 11.3 Å². The Balaban J connectivity index is 1.78. The number of ether oxygens (including phenoxy) is 1. The molecule has 16 heavy (non-hydrogen) atoms. The summed E-state index contributed by atoms with van der Waals surface area (Å²) in [7, 11) is 0. The molecule has 1 aromatic rings. The Kier molecular flexibility index (Phi) is 8.35. The monoisotopic (exact) mass is 240 g/mol. The Morgan fingerprint density at radius 2 is 1.94 bits per heavy atom. The van der Waals surface area contributed by atoms with E-state index < -0.39 is 0 Å². The van der Waals surface area contributed by atoms with Gasteiger partial charge in [-0.15, -0.1) is 11.3 Å². The third kappa shape index (κ3) is 6.96. The SMILES string of the molecule is [CH2]CCCCCOCCCCc1cncs1. The molecule has 0 spiro atoms. The topological polar surface area (TPSA) is 22.1 Å². The van der Waals surface area contributed by atoms with E-state index in [2.05, 4.69) is 11.9 Å². The normalized spacial score (nSPS) is 10.8. The van der Waals surface area contributed by atoms with Crippen LogP contribution in [0.4, 0.5) is 0 Å². The lowest BCUT2D eigenvalue weighted by Crippen LogP contribution is -1.97. The van der Waals surface area contributed by atoms with E-state index in [4.69, 9.17) is 4.74 Å². The molecule has 1 heterocycles. The highest BCUT2D eigenvalue weighted by molar-refractivity contribution is 7.09. The summed E-state index contributed by atoms with van der Waals surface area (Å²) in [5.41, 5.74) is 1.90. The number of hydrogen-bond donors (Lipinski definition) is 0. The average molecular weight is 240 g/mol. The standard InChI is InChI=1S/C13H22NOS/c1-2-3-4-6-9-15-10-7-5-8-13-11-14-12-16-13/h11-12H,1-10H2. The van der Waals surface area contributed by atoms with Gasteiger partial charge in [-0.05, 0) is 25.7 Å². The molecule has 0 atom stereocenters. The van der Waals surface area contributed by atoms with Crippen molar-refractivity contribution in [2.45, 2.75) is 44.9 Å². The van der Waals surface area contributed by atoms with E-state index in [9.17, 15) is 0 Å². The van der Waals surface area contributed by atoms with Crippen LogP contribution in [0, 0.1) is 6.92 Å². The first-order valence-electron chi connectivity index (χ1n) is 6.18. The van der Waals surface area contributed by atoms with Crippen molar-refractivity contribution in [1.82, 2.24) is 4.98 Å². The van der Waals surface area contributed by atoms with Gasteiger partial charge in [-0.25, -0.2) is 0 Å². The highest BCUT2D eigenvalue weighted by Crippen LogP contribution is 2.09. The third-order valence-electron chi connectivity index (χ3n) is 2.48. The van der Waals surface area contributed by atoms with Crippen LogP contribution >= 0.6 is 11.3 Å². The summed E-state index contributed by atoms with van der Waals surface area (Å²) in [5.74, 6) is 0. The molecule has 2 nitrogen and oxygen atoms in total. The lowest BCUT2D eigenvalue weighted by Gasteiger charge is -2.03. The van der Waals surface area contributed by atoms with Crippen LogP contribution in [0.5, 0.6) is 0 Å². The molecule has 0 aromatic carbocycles. The average Bonchev–Trinajstić information content (AvgIpc) is 2.80. The summed E-state index contributed by atoms with van der Waals surface area (Å²) < 4.78 is 5.57. The minimum absolute atomic E-state index is 0.906. The van der Waals surface area contributed by atoms with E-state index in [1.54, 1.807) is 11.3 Å². The number of hydrogen-bond acceptors (Lipinski definition) is 3. The Morgan fingerprint density at radius 3 is 2.62 bits per heavy atom. The second kappa shape index (κ2) is 9.79. The molecular weight excluding hydrogens is 218 g/mol. The highest BCUT2D eigenvalue weighted by Gasteiger charge is 1.95. The summed E-state index contributed by atoms with van der Waals surface area (Å²) in [6.07, 6.45) is 10.2. The van der Waals surface area contributed by atoms with E-state index in [1.165, 1.54) is 30.6 Å². The smallest absolute Gasteiger partial charge is 0.0794 e. The highest BCUT2D eigenvalue weighted by atomic mass is 32.1. The summed E-state index contributed by atoms with van der Waals surface area (Å²) >= 11 is 1.74. The van der Waals surface area contributed by atoms with Gasteiger partial charge in [-0.3, -0.25) is 4.98 Å². The summed E-state index contributed by atoms with van der Waals surface area (Å²) in [4.78, 5) is 5.45. The van der Waals surface area contributed by atoms with Crippen molar-refractivity contribution < 1.29 is 4.74 Å². The minimum atomic E-state index is 0.906. The summed E-state index contributed by atoms with van der Waals surface area (Å²) in [5, 5.41) is 0. The molecule has 0 saturated carbocycles. The van der Waals surface area contributed by atoms with Crippen LogP contribution in [0.15, 0.2) is 11.7 Å². The van der Waals surface area contributed by atoms with Crippen LogP contribution < -0.4 is 0 Å². The Morgan fingerprint density at radius 1 is 1.12 bits per heavy atom. The van der Waals surface area contributed by atoms with Crippen molar-refractivity contribution in [3.63, 3.8) is 0 Å². The van der Waals surface area contributed by atoms with Gasteiger partial charge in [-0.2, -0.15) is 0 Å². The molecule has 0 saturated heterocycles. The van der Waals surface area contributed by atoms with Crippen molar-refractivity contribution in [3.8, 4) is 0 Å². The molecule has 0 unspecified atom stereocenters. The number of thiazole rings is 1. The van der Waals surface area contributed by atoms with E-state index in [-0.39, 0.29) is 0 Å². The maximum absolute atomic E-state index is 5.57. The molecule has 0 amide bonds. The van der Waals surface area contributed by atoms with Crippen LogP contribution in [0.3, 0.4) is 0 Å². The molecule has 0 aliphatic rings. The van der Waals surface area contributed by atoms with Gasteiger partial charge in [0.2, 0.25) is 0 Å². The molecule has 0 aliphatic carbocycles. The largest absolute Gasteiger partial charge is 0.381 e. The molecule has 0 aliphatic heterocycles. The quantitative estimate of drug-likeness (QED) is 0.579. The van der Waals surface area contributed by atoms with Gasteiger partial charge in [0.1, 0.15) is 0 Å². The number of aryl methyl sites for hydroxylation is 1. The zero-order valence-corrected chi connectivity index (χ0v) is 10.8. The van der Waals surface area contributed by atoms with E-state index >= 15 is 0 Å². The van der Waals surface area contributed by atoms with Crippen molar-refractivity contribution in [3.05, 3.63) is 23.5 Å². The Hall–Kier alpha value is -0.410. The van der Waals surface area contributed by atoms with Crippen LogP contribution in [0.1, 0.15) is 43.4 Å². The summed E-state index contributed by atoms with van der Waals surface area (Å²) in [6.45, 7) is 5.65. The van der Waals surface area contributed by atoms with Crippen molar-refractivity contribution in [2.75, 3.05) is 13.2 Å². The lowest BCUT2D eigenvalue weighted by atomic mass is 10.2. The molecule has 0 fully saturated rings. The van der Waals surface area contributed by atoms with Gasteiger partial charge < -0.3 is 4.74 Å². The Bertz CT molecular complexity index is 236. The van der Waals surface area contributed by atoms with Crippen LogP contribution in [-0.4, -0.2) is 18.2 Å². The molecular formula is C13H22NOS. The van der Waals surface area contributed by atoms with Crippen LogP contribution in [0.25, 0.3) is 0 Å². The molecule has 1 radical (unpaired) electrons. The first-order chi connectivity index (χ1) is 7.93. The molecule has 0 bridgehead atoms. The van der Waals surface area contributed by atoms with Crippen LogP contribution in [-0.2, 0) is 11.2 Å². The van der Waals surface area contributed by atoms with Crippen LogP contribution in [0.2, 0.25) is 0 Å². The lowest BCUT2D eigenvalue weighted by molar-refractivity contribution is 0.126. The zero-order chi connectivity index (χ0) is 11.5. The third-order valence-corrected chi connectivity index (χ3v) is 3.32. The predicted octanol–water partition coefficient (Wildman–Crippen LogP) is 3.88. The van der Waals surface area contributed by atoms with E-state index in [1.807, 2.05) is 11.7 Å². The molecule has 0 N–H and O–H groups in total.